The molecule has 1 N–H and O–H groups in total. The number of hydrogen-bond donors (Lipinski definition) is 1. The highest BCUT2D eigenvalue weighted by Crippen LogP contribution is 2.10. The molecule has 100 valence electrons. The minimum Gasteiger partial charge on any atom is -0.344 e. The summed E-state index contributed by atoms with van der Waals surface area (Å²) < 4.78 is 5.08. The van der Waals surface area contributed by atoms with E-state index in [-0.39, 0.29) is 11.9 Å². The predicted octanol–water partition coefficient (Wildman–Crippen LogP) is 1.45. The Kier molecular flexibility index (Phi) is 4.22. The van der Waals surface area contributed by atoms with E-state index in [0.717, 1.165) is 5.56 Å². The lowest BCUT2D eigenvalue weighted by atomic mass is 10.2. The van der Waals surface area contributed by atoms with Crippen molar-refractivity contribution >= 4 is 5.91 Å². The second-order valence-corrected chi connectivity index (χ2v) is 4.22. The third-order valence-corrected chi connectivity index (χ3v) is 2.66. The standard InChI is InChI=1S/C13H16N4O2/c1-3-11-16-13(19-17-11)9(2)15-12(18)8-10-4-6-14-7-5-10/h4-7,9H,3,8H2,1-2H3,(H,15,18)/t9-/m0/s1. The maximum absolute atomic E-state index is 11.9. The third kappa shape index (κ3) is 3.61. The van der Waals surface area contributed by atoms with E-state index in [9.17, 15) is 4.79 Å². The molecule has 0 aliphatic heterocycles. The molecule has 19 heavy (non-hydrogen) atoms. The van der Waals surface area contributed by atoms with E-state index in [1.807, 2.05) is 26.0 Å². The first-order valence-corrected chi connectivity index (χ1v) is 6.19. The molecule has 1 atom stereocenters. The fourth-order valence-electron chi connectivity index (χ4n) is 1.63. The summed E-state index contributed by atoms with van der Waals surface area (Å²) in [5.41, 5.74) is 0.916. The SMILES string of the molecule is CCc1noc([C@H](C)NC(=O)Cc2ccncc2)n1. The van der Waals surface area contributed by atoms with Crippen molar-refractivity contribution in [2.24, 2.45) is 0 Å². The van der Waals surface area contributed by atoms with Crippen LogP contribution >= 0.6 is 0 Å². The fourth-order valence-corrected chi connectivity index (χ4v) is 1.63. The molecular weight excluding hydrogens is 244 g/mol. The Labute approximate surface area is 111 Å². The molecule has 0 unspecified atom stereocenters. The van der Waals surface area contributed by atoms with E-state index >= 15 is 0 Å². The summed E-state index contributed by atoms with van der Waals surface area (Å²) in [6.45, 7) is 3.76. The lowest BCUT2D eigenvalue weighted by Crippen LogP contribution is -2.28. The van der Waals surface area contributed by atoms with E-state index < -0.39 is 0 Å². The van der Waals surface area contributed by atoms with Crippen molar-refractivity contribution in [2.75, 3.05) is 0 Å². The average molecular weight is 260 g/mol. The predicted molar refractivity (Wildman–Crippen MR) is 68.2 cm³/mol. The molecular formula is C13H16N4O2. The number of amides is 1. The van der Waals surface area contributed by atoms with Crippen LogP contribution in [-0.2, 0) is 17.6 Å². The Morgan fingerprint density at radius 3 is 2.79 bits per heavy atom. The molecule has 0 radical (unpaired) electrons. The highest BCUT2D eigenvalue weighted by molar-refractivity contribution is 5.78. The minimum absolute atomic E-state index is 0.0880. The quantitative estimate of drug-likeness (QED) is 0.880. The maximum atomic E-state index is 11.9. The van der Waals surface area contributed by atoms with Gasteiger partial charge in [-0.3, -0.25) is 9.78 Å². The molecule has 2 heterocycles. The van der Waals surface area contributed by atoms with Crippen molar-refractivity contribution < 1.29 is 9.32 Å². The van der Waals surface area contributed by atoms with Crippen LogP contribution in [-0.4, -0.2) is 21.0 Å². The third-order valence-electron chi connectivity index (χ3n) is 2.66. The summed E-state index contributed by atoms with van der Waals surface area (Å²) in [5.74, 6) is 0.986. The zero-order valence-corrected chi connectivity index (χ0v) is 11.0. The molecule has 6 nitrogen and oxygen atoms in total. The Morgan fingerprint density at radius 2 is 2.16 bits per heavy atom. The number of nitrogens with one attached hydrogen (secondary N) is 1. The van der Waals surface area contributed by atoms with Crippen molar-refractivity contribution in [3.8, 4) is 0 Å². The van der Waals surface area contributed by atoms with Crippen LogP contribution in [0.2, 0.25) is 0 Å². The molecule has 0 bridgehead atoms. The van der Waals surface area contributed by atoms with Crippen LogP contribution in [0.3, 0.4) is 0 Å². The molecule has 1 amide bonds. The molecule has 0 saturated heterocycles. The molecule has 0 aromatic carbocycles. The van der Waals surface area contributed by atoms with Gasteiger partial charge in [0.15, 0.2) is 5.82 Å². The Balaban J connectivity index is 1.91. The van der Waals surface area contributed by atoms with Crippen molar-refractivity contribution in [1.82, 2.24) is 20.4 Å². The van der Waals surface area contributed by atoms with Crippen molar-refractivity contribution in [3.05, 3.63) is 41.8 Å². The van der Waals surface area contributed by atoms with E-state index in [1.54, 1.807) is 12.4 Å². The highest BCUT2D eigenvalue weighted by atomic mass is 16.5. The summed E-state index contributed by atoms with van der Waals surface area (Å²) in [6, 6.07) is 3.33. The number of pyridine rings is 1. The first-order chi connectivity index (χ1) is 9.19. The lowest BCUT2D eigenvalue weighted by Gasteiger charge is -2.09. The van der Waals surface area contributed by atoms with Crippen LogP contribution in [0.5, 0.6) is 0 Å². The van der Waals surface area contributed by atoms with Gasteiger partial charge in [-0.25, -0.2) is 0 Å². The van der Waals surface area contributed by atoms with Gasteiger partial charge in [0.2, 0.25) is 11.8 Å². The number of aryl methyl sites for hydroxylation is 1. The normalized spacial score (nSPS) is 12.1. The number of rotatable bonds is 5. The summed E-state index contributed by atoms with van der Waals surface area (Å²) in [6.07, 6.45) is 4.35. The van der Waals surface area contributed by atoms with Crippen LogP contribution in [0.15, 0.2) is 29.0 Å². The zero-order valence-electron chi connectivity index (χ0n) is 11.0. The van der Waals surface area contributed by atoms with Gasteiger partial charge in [0.25, 0.3) is 0 Å². The summed E-state index contributed by atoms with van der Waals surface area (Å²) in [5, 5.41) is 6.63. The van der Waals surface area contributed by atoms with Gasteiger partial charge in [0, 0.05) is 18.8 Å². The summed E-state index contributed by atoms with van der Waals surface area (Å²) in [7, 11) is 0. The maximum Gasteiger partial charge on any atom is 0.248 e. The molecule has 0 spiro atoms. The van der Waals surface area contributed by atoms with E-state index in [4.69, 9.17) is 4.52 Å². The minimum atomic E-state index is -0.290. The number of nitrogens with zero attached hydrogens (tertiary/aromatic N) is 3. The van der Waals surface area contributed by atoms with Crippen LogP contribution in [0, 0.1) is 0 Å². The monoisotopic (exact) mass is 260 g/mol. The first-order valence-electron chi connectivity index (χ1n) is 6.19. The van der Waals surface area contributed by atoms with Gasteiger partial charge in [0.1, 0.15) is 6.04 Å². The van der Waals surface area contributed by atoms with Crippen LogP contribution in [0.25, 0.3) is 0 Å². The van der Waals surface area contributed by atoms with Crippen LogP contribution in [0.4, 0.5) is 0 Å². The van der Waals surface area contributed by atoms with Crippen molar-refractivity contribution in [1.29, 1.82) is 0 Å². The molecule has 2 aromatic rings. The largest absolute Gasteiger partial charge is 0.344 e. The van der Waals surface area contributed by atoms with Gasteiger partial charge < -0.3 is 9.84 Å². The molecule has 0 saturated carbocycles. The van der Waals surface area contributed by atoms with E-state index in [0.29, 0.717) is 24.6 Å². The number of hydrogen-bond acceptors (Lipinski definition) is 5. The molecule has 0 aliphatic rings. The Hall–Kier alpha value is -2.24. The number of carbonyl (C=O) groups excluding carboxylic acids is 1. The molecule has 0 aliphatic carbocycles. The lowest BCUT2D eigenvalue weighted by molar-refractivity contribution is -0.121. The van der Waals surface area contributed by atoms with Crippen LogP contribution in [0.1, 0.15) is 37.2 Å². The van der Waals surface area contributed by atoms with Gasteiger partial charge in [-0.1, -0.05) is 12.1 Å². The fraction of sp³-hybridized carbons (Fsp3) is 0.385. The van der Waals surface area contributed by atoms with Crippen molar-refractivity contribution in [2.45, 2.75) is 32.7 Å². The Bertz CT molecular complexity index is 539. The second kappa shape index (κ2) is 6.08. The molecule has 2 rings (SSSR count). The van der Waals surface area contributed by atoms with Gasteiger partial charge >= 0.3 is 0 Å². The molecule has 6 heteroatoms. The van der Waals surface area contributed by atoms with Gasteiger partial charge in [-0.15, -0.1) is 0 Å². The molecule has 0 fully saturated rings. The number of aromatic nitrogens is 3. The van der Waals surface area contributed by atoms with Gasteiger partial charge in [0.05, 0.1) is 6.42 Å². The van der Waals surface area contributed by atoms with E-state index in [2.05, 4.69) is 20.4 Å². The summed E-state index contributed by atoms with van der Waals surface area (Å²) in [4.78, 5) is 19.9. The van der Waals surface area contributed by atoms with E-state index in [1.165, 1.54) is 0 Å². The number of carbonyl (C=O) groups is 1. The summed E-state index contributed by atoms with van der Waals surface area (Å²) >= 11 is 0. The topological polar surface area (TPSA) is 80.9 Å². The zero-order chi connectivity index (χ0) is 13.7. The highest BCUT2D eigenvalue weighted by Gasteiger charge is 2.16. The van der Waals surface area contributed by atoms with Crippen molar-refractivity contribution in [3.63, 3.8) is 0 Å². The van der Waals surface area contributed by atoms with Gasteiger partial charge in [-0.2, -0.15) is 4.98 Å². The smallest absolute Gasteiger partial charge is 0.248 e. The average Bonchev–Trinajstić information content (AvgIpc) is 2.88. The molecule has 2 aromatic heterocycles. The first kappa shape index (κ1) is 13.2. The van der Waals surface area contributed by atoms with Crippen LogP contribution < -0.4 is 5.32 Å². The van der Waals surface area contributed by atoms with Gasteiger partial charge in [-0.05, 0) is 24.6 Å². The Morgan fingerprint density at radius 1 is 1.42 bits per heavy atom. The second-order valence-electron chi connectivity index (χ2n) is 4.22.